The molecule has 2 aliphatic rings. The third-order valence-electron chi connectivity index (χ3n) is 5.53. The predicted molar refractivity (Wildman–Crippen MR) is 119 cm³/mol. The second kappa shape index (κ2) is 8.78. The van der Waals surface area contributed by atoms with Crippen LogP contribution >= 0.6 is 11.6 Å². The van der Waals surface area contributed by atoms with Gasteiger partial charge in [0.1, 0.15) is 11.5 Å². The van der Waals surface area contributed by atoms with Crippen molar-refractivity contribution >= 4 is 35.0 Å². The van der Waals surface area contributed by atoms with Crippen molar-refractivity contribution in [2.24, 2.45) is 5.92 Å². The van der Waals surface area contributed by atoms with Gasteiger partial charge in [0, 0.05) is 35.4 Å². The topological polar surface area (TPSA) is 70.6 Å². The highest BCUT2D eigenvalue weighted by Gasteiger charge is 2.36. The fraction of sp³-hybridized carbons (Fsp3) is 0.500. The predicted octanol–water partition coefficient (Wildman–Crippen LogP) is 4.10. The first-order chi connectivity index (χ1) is 14.4. The first kappa shape index (κ1) is 20.9. The summed E-state index contributed by atoms with van der Waals surface area (Å²) in [5, 5.41) is 4.06. The zero-order valence-corrected chi connectivity index (χ0v) is 18.4. The molecule has 0 bridgehead atoms. The molecule has 1 unspecified atom stereocenters. The third kappa shape index (κ3) is 4.37. The smallest absolute Gasteiger partial charge is 0.273 e. The molecule has 1 aromatic heterocycles. The van der Waals surface area contributed by atoms with E-state index in [0.29, 0.717) is 61.2 Å². The van der Waals surface area contributed by atoms with Crippen LogP contribution in [0.5, 0.6) is 0 Å². The van der Waals surface area contributed by atoms with E-state index in [-0.39, 0.29) is 11.9 Å². The van der Waals surface area contributed by atoms with Crippen LogP contribution in [0.1, 0.15) is 43.2 Å². The maximum Gasteiger partial charge on any atom is 0.273 e. The maximum absolute atomic E-state index is 13.3. The number of anilines is 3. The van der Waals surface area contributed by atoms with Crippen molar-refractivity contribution in [2.45, 2.75) is 39.8 Å². The van der Waals surface area contributed by atoms with Gasteiger partial charge in [-0.2, -0.15) is 4.98 Å². The van der Waals surface area contributed by atoms with Crippen LogP contribution in [-0.2, 0) is 11.3 Å². The van der Waals surface area contributed by atoms with Crippen molar-refractivity contribution in [1.29, 1.82) is 0 Å². The first-order valence-corrected chi connectivity index (χ1v) is 10.9. The maximum atomic E-state index is 13.3. The van der Waals surface area contributed by atoms with Crippen LogP contribution < -0.4 is 10.2 Å². The molecule has 0 saturated carbocycles. The summed E-state index contributed by atoms with van der Waals surface area (Å²) in [6.07, 6.45) is 0.948. The molecular formula is C22H28ClN5O2. The molecule has 1 aromatic carbocycles. The molecule has 1 amide bonds. The van der Waals surface area contributed by atoms with Crippen LogP contribution in [0.2, 0.25) is 5.02 Å². The summed E-state index contributed by atoms with van der Waals surface area (Å²) in [6, 6.07) is 7.61. The van der Waals surface area contributed by atoms with Crippen LogP contribution in [0.4, 0.5) is 17.5 Å². The van der Waals surface area contributed by atoms with Crippen LogP contribution in [0.25, 0.3) is 0 Å². The molecule has 0 radical (unpaired) electrons. The van der Waals surface area contributed by atoms with Crippen molar-refractivity contribution in [1.82, 2.24) is 14.9 Å². The standard InChI is InChI=1S/C22H28ClN5O2/c1-14(2)12-15(3)28-13-18-19(21(28)29)25-22(27-8-10-30-11-9-27)26-20(18)24-17-6-4-16(23)5-7-17/h4-7,14-15H,8-13H2,1-3H3,(H,24,25,26). The minimum Gasteiger partial charge on any atom is -0.378 e. The largest absolute Gasteiger partial charge is 0.378 e. The number of aromatic nitrogens is 2. The summed E-state index contributed by atoms with van der Waals surface area (Å²) in [6.45, 7) is 9.65. The Morgan fingerprint density at radius 1 is 1.13 bits per heavy atom. The Labute approximate surface area is 182 Å². The van der Waals surface area contributed by atoms with E-state index in [0.717, 1.165) is 17.7 Å². The van der Waals surface area contributed by atoms with Gasteiger partial charge >= 0.3 is 0 Å². The number of nitrogens with one attached hydrogen (secondary N) is 1. The molecule has 3 heterocycles. The summed E-state index contributed by atoms with van der Waals surface area (Å²) in [7, 11) is 0. The number of rotatable bonds is 6. The minimum atomic E-state index is -0.0192. The average Bonchev–Trinajstić information content (AvgIpc) is 3.07. The molecule has 160 valence electrons. The summed E-state index contributed by atoms with van der Waals surface area (Å²) in [5.41, 5.74) is 2.22. The number of halogens is 1. The summed E-state index contributed by atoms with van der Waals surface area (Å²) in [5.74, 6) is 1.74. The van der Waals surface area contributed by atoms with Crippen LogP contribution in [0.3, 0.4) is 0 Å². The van der Waals surface area contributed by atoms with Gasteiger partial charge in [-0.05, 0) is 43.5 Å². The molecule has 4 rings (SSSR count). The second-order valence-corrected chi connectivity index (χ2v) is 8.78. The number of ether oxygens (including phenoxy) is 1. The molecule has 1 saturated heterocycles. The number of morpholine rings is 1. The highest BCUT2D eigenvalue weighted by Crippen LogP contribution is 2.33. The molecule has 8 heteroatoms. The van der Waals surface area contributed by atoms with Crippen molar-refractivity contribution in [3.05, 3.63) is 40.5 Å². The molecular weight excluding hydrogens is 402 g/mol. The first-order valence-electron chi connectivity index (χ1n) is 10.5. The lowest BCUT2D eigenvalue weighted by atomic mass is 10.0. The van der Waals surface area contributed by atoms with Gasteiger partial charge in [0.15, 0.2) is 0 Å². The van der Waals surface area contributed by atoms with Gasteiger partial charge in [0.25, 0.3) is 5.91 Å². The number of carbonyl (C=O) groups excluding carboxylic acids is 1. The van der Waals surface area contributed by atoms with Crippen LogP contribution in [-0.4, -0.2) is 53.1 Å². The van der Waals surface area contributed by atoms with E-state index in [9.17, 15) is 4.79 Å². The zero-order valence-electron chi connectivity index (χ0n) is 17.7. The van der Waals surface area contributed by atoms with E-state index in [2.05, 4.69) is 31.0 Å². The second-order valence-electron chi connectivity index (χ2n) is 8.34. The number of benzene rings is 1. The van der Waals surface area contributed by atoms with E-state index >= 15 is 0 Å². The molecule has 0 aliphatic carbocycles. The van der Waals surface area contributed by atoms with Gasteiger partial charge in [0.2, 0.25) is 5.95 Å². The average molecular weight is 430 g/mol. The Balaban J connectivity index is 1.70. The van der Waals surface area contributed by atoms with Gasteiger partial charge < -0.3 is 19.9 Å². The summed E-state index contributed by atoms with van der Waals surface area (Å²) < 4.78 is 5.46. The van der Waals surface area contributed by atoms with E-state index in [1.165, 1.54) is 0 Å². The molecule has 30 heavy (non-hydrogen) atoms. The number of hydrogen-bond donors (Lipinski definition) is 1. The SMILES string of the molecule is CC(C)CC(C)N1Cc2c(Nc3ccc(Cl)cc3)nc(N3CCOCC3)nc2C1=O. The van der Waals surface area contributed by atoms with Gasteiger partial charge in [-0.15, -0.1) is 0 Å². The highest BCUT2D eigenvalue weighted by molar-refractivity contribution is 6.30. The Morgan fingerprint density at radius 3 is 2.50 bits per heavy atom. The number of amides is 1. The number of carbonyl (C=O) groups is 1. The summed E-state index contributed by atoms with van der Waals surface area (Å²) in [4.78, 5) is 26.7. The Hall–Kier alpha value is -2.38. The molecule has 2 aromatic rings. The normalized spacial score (nSPS) is 17.4. The number of hydrogen-bond acceptors (Lipinski definition) is 6. The molecule has 1 N–H and O–H groups in total. The lowest BCUT2D eigenvalue weighted by Gasteiger charge is -2.27. The molecule has 2 aliphatic heterocycles. The van der Waals surface area contributed by atoms with Crippen molar-refractivity contribution < 1.29 is 9.53 Å². The Bertz CT molecular complexity index is 912. The van der Waals surface area contributed by atoms with Crippen molar-refractivity contribution in [3.8, 4) is 0 Å². The number of fused-ring (bicyclic) bond motifs is 1. The van der Waals surface area contributed by atoms with E-state index in [1.807, 2.05) is 29.2 Å². The van der Waals surface area contributed by atoms with Gasteiger partial charge in [-0.3, -0.25) is 4.79 Å². The molecule has 7 nitrogen and oxygen atoms in total. The Morgan fingerprint density at radius 2 is 1.83 bits per heavy atom. The fourth-order valence-electron chi connectivity index (χ4n) is 4.02. The lowest BCUT2D eigenvalue weighted by Crippen LogP contribution is -2.38. The van der Waals surface area contributed by atoms with Gasteiger partial charge in [-0.1, -0.05) is 25.4 Å². The third-order valence-corrected chi connectivity index (χ3v) is 5.78. The quantitative estimate of drug-likeness (QED) is 0.745. The van der Waals surface area contributed by atoms with E-state index in [1.54, 1.807) is 0 Å². The van der Waals surface area contributed by atoms with Gasteiger partial charge in [0.05, 0.1) is 19.8 Å². The lowest BCUT2D eigenvalue weighted by molar-refractivity contribution is 0.0694. The van der Waals surface area contributed by atoms with Crippen LogP contribution in [0.15, 0.2) is 24.3 Å². The molecule has 0 spiro atoms. The monoisotopic (exact) mass is 429 g/mol. The Kier molecular flexibility index (Phi) is 6.11. The fourth-order valence-corrected chi connectivity index (χ4v) is 4.15. The highest BCUT2D eigenvalue weighted by atomic mass is 35.5. The minimum absolute atomic E-state index is 0.0192. The van der Waals surface area contributed by atoms with Crippen molar-refractivity contribution in [2.75, 3.05) is 36.5 Å². The molecule has 1 fully saturated rings. The summed E-state index contributed by atoms with van der Waals surface area (Å²) >= 11 is 6.03. The van der Waals surface area contributed by atoms with E-state index < -0.39 is 0 Å². The van der Waals surface area contributed by atoms with Gasteiger partial charge in [-0.25, -0.2) is 4.98 Å². The number of nitrogens with zero attached hydrogens (tertiary/aromatic N) is 4. The van der Waals surface area contributed by atoms with Crippen LogP contribution in [0, 0.1) is 5.92 Å². The van der Waals surface area contributed by atoms with Crippen molar-refractivity contribution in [3.63, 3.8) is 0 Å². The van der Waals surface area contributed by atoms with E-state index in [4.69, 9.17) is 26.3 Å². The molecule has 1 atom stereocenters. The zero-order chi connectivity index (χ0) is 21.3.